The van der Waals surface area contributed by atoms with Gasteiger partial charge in [0, 0.05) is 18.1 Å². The van der Waals surface area contributed by atoms with Crippen LogP contribution < -0.4 is 10.9 Å². The molecule has 0 aromatic heterocycles. The average Bonchev–Trinajstić information content (AvgIpc) is 2.98. The molecule has 1 atom stereocenters. The van der Waals surface area contributed by atoms with E-state index >= 15 is 0 Å². The molecule has 2 rings (SSSR count). The van der Waals surface area contributed by atoms with E-state index in [-0.39, 0.29) is 17.2 Å². The van der Waals surface area contributed by atoms with Gasteiger partial charge in [0.2, 0.25) is 5.91 Å². The molecule has 2 fully saturated rings. The Balaban J connectivity index is 1.70. The molecular formula is C11H14N2O4. The summed E-state index contributed by atoms with van der Waals surface area (Å²) in [5.41, 5.74) is 4.68. The number of rotatable bonds is 3. The van der Waals surface area contributed by atoms with Gasteiger partial charge in [0.05, 0.1) is 0 Å². The fraction of sp³-hybridized carbons (Fsp3) is 0.545. The Morgan fingerprint density at radius 1 is 1.18 bits per heavy atom. The number of nitrogens with one attached hydrogen (secondary N) is 2. The van der Waals surface area contributed by atoms with Gasteiger partial charge < -0.3 is 5.11 Å². The third kappa shape index (κ3) is 2.46. The number of carboxylic acids is 1. The normalized spacial score (nSPS) is 24.1. The van der Waals surface area contributed by atoms with Crippen molar-refractivity contribution in [3.63, 3.8) is 0 Å². The largest absolute Gasteiger partial charge is 0.478 e. The van der Waals surface area contributed by atoms with E-state index < -0.39 is 11.9 Å². The zero-order valence-electron chi connectivity index (χ0n) is 9.23. The van der Waals surface area contributed by atoms with E-state index in [0.29, 0.717) is 6.08 Å². The van der Waals surface area contributed by atoms with Gasteiger partial charge in [-0.15, -0.1) is 0 Å². The summed E-state index contributed by atoms with van der Waals surface area (Å²) < 4.78 is 0. The highest BCUT2D eigenvalue weighted by Crippen LogP contribution is 2.65. The number of carbonyl (C=O) groups is 3. The van der Waals surface area contributed by atoms with E-state index in [1.165, 1.54) is 6.42 Å². The summed E-state index contributed by atoms with van der Waals surface area (Å²) in [6, 6.07) is 0. The molecule has 0 aromatic rings. The van der Waals surface area contributed by atoms with Gasteiger partial charge in [0.25, 0.3) is 5.91 Å². The summed E-state index contributed by atoms with van der Waals surface area (Å²) in [7, 11) is 0. The lowest BCUT2D eigenvalue weighted by molar-refractivity contribution is -0.131. The maximum atomic E-state index is 11.6. The molecule has 2 saturated carbocycles. The molecule has 92 valence electrons. The van der Waals surface area contributed by atoms with Crippen molar-refractivity contribution >= 4 is 17.8 Å². The van der Waals surface area contributed by atoms with Gasteiger partial charge in [-0.05, 0) is 24.7 Å². The van der Waals surface area contributed by atoms with Crippen LogP contribution in [0.15, 0.2) is 12.2 Å². The molecule has 1 spiro atoms. The highest BCUT2D eigenvalue weighted by atomic mass is 16.4. The van der Waals surface area contributed by atoms with Crippen molar-refractivity contribution < 1.29 is 19.5 Å². The topological polar surface area (TPSA) is 95.5 Å². The average molecular weight is 238 g/mol. The maximum absolute atomic E-state index is 11.6. The first-order valence-electron chi connectivity index (χ1n) is 5.54. The number of hydrogen-bond acceptors (Lipinski definition) is 3. The van der Waals surface area contributed by atoms with Gasteiger partial charge in [0.1, 0.15) is 0 Å². The van der Waals surface area contributed by atoms with E-state index in [1.54, 1.807) is 0 Å². The second-order valence-corrected chi connectivity index (χ2v) is 4.62. The number of hydrogen-bond donors (Lipinski definition) is 3. The Morgan fingerprint density at radius 2 is 1.88 bits per heavy atom. The van der Waals surface area contributed by atoms with Crippen molar-refractivity contribution in [3.8, 4) is 0 Å². The molecule has 0 radical (unpaired) electrons. The summed E-state index contributed by atoms with van der Waals surface area (Å²) in [5.74, 6) is -2.02. The lowest BCUT2D eigenvalue weighted by Crippen LogP contribution is -2.42. The third-order valence-electron chi connectivity index (χ3n) is 3.54. The zero-order valence-corrected chi connectivity index (χ0v) is 9.23. The summed E-state index contributed by atoms with van der Waals surface area (Å²) >= 11 is 0. The van der Waals surface area contributed by atoms with Crippen LogP contribution in [-0.2, 0) is 14.4 Å². The summed E-state index contributed by atoms with van der Waals surface area (Å²) in [6.07, 6.45) is 5.84. The Labute approximate surface area is 98.0 Å². The molecule has 6 nitrogen and oxygen atoms in total. The molecule has 0 heterocycles. The van der Waals surface area contributed by atoms with E-state index in [2.05, 4.69) is 10.9 Å². The molecule has 17 heavy (non-hydrogen) atoms. The van der Waals surface area contributed by atoms with Crippen LogP contribution in [0.1, 0.15) is 25.7 Å². The van der Waals surface area contributed by atoms with Gasteiger partial charge in [0.15, 0.2) is 0 Å². The van der Waals surface area contributed by atoms with Crippen LogP contribution in [0.2, 0.25) is 0 Å². The molecule has 1 unspecified atom stereocenters. The van der Waals surface area contributed by atoms with E-state index in [0.717, 1.165) is 25.3 Å². The number of aliphatic carboxylic acids is 1. The van der Waals surface area contributed by atoms with E-state index in [9.17, 15) is 14.4 Å². The van der Waals surface area contributed by atoms with Crippen molar-refractivity contribution in [1.29, 1.82) is 0 Å². The molecular weight excluding hydrogens is 224 g/mol. The van der Waals surface area contributed by atoms with Gasteiger partial charge in [-0.1, -0.05) is 6.42 Å². The van der Waals surface area contributed by atoms with Crippen LogP contribution in [-0.4, -0.2) is 22.9 Å². The first-order valence-corrected chi connectivity index (χ1v) is 5.54. The Hall–Kier alpha value is -1.85. The maximum Gasteiger partial charge on any atom is 0.328 e. The quantitative estimate of drug-likeness (QED) is 0.475. The lowest BCUT2D eigenvalue weighted by atomic mass is 9.80. The van der Waals surface area contributed by atoms with Crippen molar-refractivity contribution in [2.75, 3.05) is 0 Å². The number of amides is 2. The predicted octanol–water partition coefficient (Wildman–Crippen LogP) is -0.0352. The second-order valence-electron chi connectivity index (χ2n) is 4.62. The standard InChI is InChI=1S/C11H14N2O4/c14-8(2-3-9(15)16)12-13-10(17)7-6-11(7)4-1-5-11/h2-3,7H,1,4-6H2,(H,12,14)(H,13,17)(H,15,16)/b3-2+. The Bertz CT molecular complexity index is 398. The minimum atomic E-state index is -1.21. The molecule has 3 N–H and O–H groups in total. The number of carbonyl (C=O) groups excluding carboxylic acids is 2. The van der Waals surface area contributed by atoms with Crippen molar-refractivity contribution in [2.45, 2.75) is 25.7 Å². The van der Waals surface area contributed by atoms with E-state index in [1.807, 2.05) is 0 Å². The molecule has 0 aliphatic heterocycles. The van der Waals surface area contributed by atoms with Crippen LogP contribution in [0.5, 0.6) is 0 Å². The van der Waals surface area contributed by atoms with Gasteiger partial charge in [-0.3, -0.25) is 20.4 Å². The van der Waals surface area contributed by atoms with Gasteiger partial charge in [-0.25, -0.2) is 4.79 Å². The summed E-state index contributed by atoms with van der Waals surface area (Å²) in [6.45, 7) is 0. The smallest absolute Gasteiger partial charge is 0.328 e. The Morgan fingerprint density at radius 3 is 2.35 bits per heavy atom. The molecule has 6 heteroatoms. The van der Waals surface area contributed by atoms with Crippen LogP contribution in [0.4, 0.5) is 0 Å². The molecule has 0 aromatic carbocycles. The molecule has 2 aliphatic rings. The minimum absolute atomic E-state index is 0.0139. The van der Waals surface area contributed by atoms with Crippen LogP contribution in [0, 0.1) is 11.3 Å². The molecule has 2 aliphatic carbocycles. The second kappa shape index (κ2) is 4.20. The highest BCUT2D eigenvalue weighted by molar-refractivity contribution is 5.95. The first-order chi connectivity index (χ1) is 8.03. The number of hydrazine groups is 1. The number of carboxylic acid groups (broad SMARTS) is 1. The molecule has 0 bridgehead atoms. The van der Waals surface area contributed by atoms with Crippen LogP contribution in [0.3, 0.4) is 0 Å². The van der Waals surface area contributed by atoms with Gasteiger partial charge >= 0.3 is 5.97 Å². The van der Waals surface area contributed by atoms with E-state index in [4.69, 9.17) is 5.11 Å². The monoisotopic (exact) mass is 238 g/mol. The van der Waals surface area contributed by atoms with Crippen molar-refractivity contribution in [3.05, 3.63) is 12.2 Å². The summed E-state index contributed by atoms with van der Waals surface area (Å²) in [4.78, 5) is 32.8. The first kappa shape index (κ1) is 11.6. The van der Waals surface area contributed by atoms with Crippen molar-refractivity contribution in [2.24, 2.45) is 11.3 Å². The molecule has 2 amide bonds. The Kier molecular flexibility index (Phi) is 2.87. The fourth-order valence-corrected chi connectivity index (χ4v) is 2.30. The molecule has 0 saturated heterocycles. The lowest BCUT2D eigenvalue weighted by Gasteiger charge is -2.26. The SMILES string of the molecule is O=C(O)/C=C/C(=O)NNC(=O)C1CC12CCC2. The summed E-state index contributed by atoms with van der Waals surface area (Å²) in [5, 5.41) is 8.29. The fourth-order valence-electron chi connectivity index (χ4n) is 2.30. The van der Waals surface area contributed by atoms with Crippen molar-refractivity contribution in [1.82, 2.24) is 10.9 Å². The third-order valence-corrected chi connectivity index (χ3v) is 3.54. The van der Waals surface area contributed by atoms with Crippen LogP contribution >= 0.6 is 0 Å². The van der Waals surface area contributed by atoms with Gasteiger partial charge in [-0.2, -0.15) is 0 Å². The zero-order chi connectivity index (χ0) is 12.5. The predicted molar refractivity (Wildman–Crippen MR) is 57.5 cm³/mol. The highest BCUT2D eigenvalue weighted by Gasteiger charge is 2.60. The minimum Gasteiger partial charge on any atom is -0.478 e. The van der Waals surface area contributed by atoms with Crippen LogP contribution in [0.25, 0.3) is 0 Å².